The maximum absolute atomic E-state index is 4.94. The molecule has 0 spiro atoms. The number of fused-ring (bicyclic) bond motifs is 1. The van der Waals surface area contributed by atoms with Crippen molar-refractivity contribution in [2.75, 3.05) is 25.0 Å². The minimum absolute atomic E-state index is 0.867. The fourth-order valence-electron chi connectivity index (χ4n) is 3.09. The van der Waals surface area contributed by atoms with Gasteiger partial charge in [-0.25, -0.2) is 4.98 Å². The molecule has 0 radical (unpaired) electrons. The van der Waals surface area contributed by atoms with Gasteiger partial charge in [-0.05, 0) is 56.7 Å². The average Bonchev–Trinajstić information content (AvgIpc) is 3.41. The number of nitrogens with one attached hydrogen (secondary N) is 1. The molecule has 2 aliphatic rings. The molecule has 21 heavy (non-hydrogen) atoms. The molecule has 0 atom stereocenters. The van der Waals surface area contributed by atoms with E-state index in [1.807, 2.05) is 7.05 Å². The number of aromatic nitrogens is 2. The van der Waals surface area contributed by atoms with Crippen molar-refractivity contribution in [1.29, 1.82) is 0 Å². The van der Waals surface area contributed by atoms with Crippen LogP contribution in [-0.2, 0) is 6.54 Å². The van der Waals surface area contributed by atoms with Gasteiger partial charge in [-0.3, -0.25) is 0 Å². The molecule has 4 nitrogen and oxygen atoms in total. The Hall–Kier alpha value is -1.55. The smallest absolute Gasteiger partial charge is 0.152 e. The summed E-state index contributed by atoms with van der Waals surface area (Å²) in [6.45, 7) is 3.25. The van der Waals surface area contributed by atoms with Crippen molar-refractivity contribution in [1.82, 2.24) is 14.7 Å². The number of pyridine rings is 1. The highest BCUT2D eigenvalue weighted by atomic mass is 15.2. The van der Waals surface area contributed by atoms with E-state index < -0.39 is 0 Å². The van der Waals surface area contributed by atoms with Crippen LogP contribution in [0.4, 0.5) is 5.82 Å². The summed E-state index contributed by atoms with van der Waals surface area (Å²) in [5.41, 5.74) is 2.36. The van der Waals surface area contributed by atoms with Crippen LogP contribution < -0.4 is 10.2 Å². The molecule has 0 saturated heterocycles. The van der Waals surface area contributed by atoms with E-state index in [1.165, 1.54) is 50.3 Å². The third kappa shape index (κ3) is 2.77. The molecule has 2 aromatic heterocycles. The zero-order valence-electron chi connectivity index (χ0n) is 12.8. The van der Waals surface area contributed by atoms with Crippen LogP contribution in [0.25, 0.3) is 5.65 Å². The van der Waals surface area contributed by atoms with Crippen LogP contribution in [0.1, 0.15) is 31.4 Å². The molecule has 4 rings (SSSR count). The van der Waals surface area contributed by atoms with Crippen LogP contribution in [-0.4, -0.2) is 29.5 Å². The largest absolute Gasteiger partial charge is 0.354 e. The Labute approximate surface area is 126 Å². The topological polar surface area (TPSA) is 32.6 Å². The van der Waals surface area contributed by atoms with Crippen LogP contribution in [0.15, 0.2) is 24.4 Å². The first-order valence-electron chi connectivity index (χ1n) is 8.20. The van der Waals surface area contributed by atoms with Gasteiger partial charge in [0.15, 0.2) is 5.82 Å². The van der Waals surface area contributed by atoms with Gasteiger partial charge in [0, 0.05) is 25.8 Å². The third-order valence-electron chi connectivity index (χ3n) is 4.60. The number of hydrogen-bond acceptors (Lipinski definition) is 3. The first kappa shape index (κ1) is 13.1. The van der Waals surface area contributed by atoms with E-state index in [0.29, 0.717) is 0 Å². The van der Waals surface area contributed by atoms with Crippen LogP contribution in [0.2, 0.25) is 0 Å². The predicted molar refractivity (Wildman–Crippen MR) is 85.6 cm³/mol. The minimum Gasteiger partial charge on any atom is -0.354 e. The summed E-state index contributed by atoms with van der Waals surface area (Å²) < 4.78 is 2.23. The van der Waals surface area contributed by atoms with Gasteiger partial charge in [-0.15, -0.1) is 0 Å². The van der Waals surface area contributed by atoms with Crippen LogP contribution in [0.3, 0.4) is 0 Å². The van der Waals surface area contributed by atoms with E-state index in [1.54, 1.807) is 0 Å². The predicted octanol–water partition coefficient (Wildman–Crippen LogP) is 2.68. The van der Waals surface area contributed by atoms with E-state index in [0.717, 1.165) is 24.0 Å². The van der Waals surface area contributed by atoms with Crippen molar-refractivity contribution < 1.29 is 0 Å². The van der Waals surface area contributed by atoms with E-state index in [2.05, 4.69) is 39.0 Å². The number of anilines is 1. The molecule has 2 saturated carbocycles. The average molecular weight is 284 g/mol. The highest BCUT2D eigenvalue weighted by molar-refractivity contribution is 5.56. The van der Waals surface area contributed by atoms with E-state index in [-0.39, 0.29) is 0 Å². The summed E-state index contributed by atoms with van der Waals surface area (Å²) in [4.78, 5) is 7.51. The zero-order valence-corrected chi connectivity index (χ0v) is 12.8. The van der Waals surface area contributed by atoms with Crippen molar-refractivity contribution in [3.63, 3.8) is 0 Å². The van der Waals surface area contributed by atoms with Crippen LogP contribution in [0.5, 0.6) is 0 Å². The van der Waals surface area contributed by atoms with Crippen LogP contribution >= 0.6 is 0 Å². The van der Waals surface area contributed by atoms with Gasteiger partial charge >= 0.3 is 0 Å². The lowest BCUT2D eigenvalue weighted by molar-refractivity contribution is 0.664. The van der Waals surface area contributed by atoms with E-state index in [9.17, 15) is 0 Å². The fraction of sp³-hybridized carbons (Fsp3) is 0.588. The summed E-state index contributed by atoms with van der Waals surface area (Å²) in [6, 6.07) is 6.26. The van der Waals surface area contributed by atoms with Gasteiger partial charge in [0.25, 0.3) is 0 Å². The second-order valence-electron chi connectivity index (χ2n) is 6.63. The Morgan fingerprint density at radius 3 is 2.52 bits per heavy atom. The maximum Gasteiger partial charge on any atom is 0.152 e. The SMILES string of the molecule is CNCc1c(N(CC2CC2)CC2CC2)nc2ccccn12. The normalized spacial score (nSPS) is 18.3. The lowest BCUT2D eigenvalue weighted by Crippen LogP contribution is -2.30. The number of hydrogen-bond donors (Lipinski definition) is 1. The molecular formula is C17H24N4. The molecule has 0 amide bonds. The third-order valence-corrected chi connectivity index (χ3v) is 4.60. The maximum atomic E-state index is 4.94. The molecule has 0 bridgehead atoms. The molecule has 2 heterocycles. The molecule has 2 aromatic rings. The van der Waals surface area contributed by atoms with Gasteiger partial charge in [0.05, 0.1) is 5.69 Å². The Bertz CT molecular complexity index is 611. The Kier molecular flexibility index (Phi) is 3.34. The van der Waals surface area contributed by atoms with Gasteiger partial charge < -0.3 is 14.6 Å². The first-order chi connectivity index (χ1) is 10.3. The second kappa shape index (κ2) is 5.34. The Morgan fingerprint density at radius 2 is 1.90 bits per heavy atom. The first-order valence-corrected chi connectivity index (χ1v) is 8.20. The minimum atomic E-state index is 0.867. The Balaban J connectivity index is 1.71. The van der Waals surface area contributed by atoms with Crippen molar-refractivity contribution >= 4 is 11.5 Å². The fourth-order valence-corrected chi connectivity index (χ4v) is 3.09. The second-order valence-corrected chi connectivity index (χ2v) is 6.63. The van der Waals surface area contributed by atoms with Crippen molar-refractivity contribution in [3.8, 4) is 0 Å². The standard InChI is InChI=1S/C17H24N4/c1-18-10-15-17(19-16-4-2-3-9-21(15)16)20(11-13-5-6-13)12-14-7-8-14/h2-4,9,13-14,18H,5-8,10-12H2,1H3. The monoisotopic (exact) mass is 284 g/mol. The highest BCUT2D eigenvalue weighted by Crippen LogP contribution is 2.36. The number of nitrogens with zero attached hydrogens (tertiary/aromatic N) is 3. The van der Waals surface area contributed by atoms with Crippen molar-refractivity contribution in [3.05, 3.63) is 30.1 Å². The molecule has 0 aromatic carbocycles. The quantitative estimate of drug-likeness (QED) is 0.848. The molecule has 0 aliphatic heterocycles. The summed E-state index contributed by atoms with van der Waals surface area (Å²) in [5, 5.41) is 3.31. The van der Waals surface area contributed by atoms with Gasteiger partial charge in [0.2, 0.25) is 0 Å². The summed E-state index contributed by atoms with van der Waals surface area (Å²) in [7, 11) is 2.01. The van der Waals surface area contributed by atoms with Gasteiger partial charge in [-0.2, -0.15) is 0 Å². The molecule has 2 fully saturated rings. The number of imidazole rings is 1. The van der Waals surface area contributed by atoms with E-state index in [4.69, 9.17) is 4.98 Å². The lowest BCUT2D eigenvalue weighted by Gasteiger charge is -2.24. The van der Waals surface area contributed by atoms with Gasteiger partial charge in [0.1, 0.15) is 5.65 Å². The molecule has 2 aliphatic carbocycles. The molecule has 4 heteroatoms. The lowest BCUT2D eigenvalue weighted by atomic mass is 10.3. The number of rotatable bonds is 7. The van der Waals surface area contributed by atoms with Gasteiger partial charge in [-0.1, -0.05) is 6.07 Å². The molecule has 1 N–H and O–H groups in total. The summed E-state index contributed by atoms with van der Waals surface area (Å²) in [5.74, 6) is 3.00. The molecule has 112 valence electrons. The van der Waals surface area contributed by atoms with Crippen LogP contribution in [0, 0.1) is 11.8 Å². The zero-order chi connectivity index (χ0) is 14.2. The molecular weight excluding hydrogens is 260 g/mol. The Morgan fingerprint density at radius 1 is 1.19 bits per heavy atom. The summed E-state index contributed by atoms with van der Waals surface area (Å²) >= 11 is 0. The van der Waals surface area contributed by atoms with Crippen molar-refractivity contribution in [2.24, 2.45) is 11.8 Å². The van der Waals surface area contributed by atoms with E-state index >= 15 is 0 Å². The molecule has 0 unspecified atom stereocenters. The highest BCUT2D eigenvalue weighted by Gasteiger charge is 2.31. The van der Waals surface area contributed by atoms with Crippen molar-refractivity contribution in [2.45, 2.75) is 32.2 Å². The summed E-state index contributed by atoms with van der Waals surface area (Å²) in [6.07, 6.45) is 7.72.